The van der Waals surface area contributed by atoms with Gasteiger partial charge in [-0.2, -0.15) is 0 Å². The lowest BCUT2D eigenvalue weighted by molar-refractivity contribution is 0.216. The summed E-state index contributed by atoms with van der Waals surface area (Å²) in [4.78, 5) is 0. The number of benzene rings is 2. The zero-order valence-electron chi connectivity index (χ0n) is 12.3. The molecule has 0 aliphatic heterocycles. The summed E-state index contributed by atoms with van der Waals surface area (Å²) in [6.45, 7) is 5.01. The zero-order valence-corrected chi connectivity index (χ0v) is 13.9. The summed E-state index contributed by atoms with van der Waals surface area (Å²) in [5.41, 5.74) is 8.07. The number of aryl methyl sites for hydroxylation is 1. The van der Waals surface area contributed by atoms with Gasteiger partial charge in [-0.15, -0.1) is 0 Å². The summed E-state index contributed by atoms with van der Waals surface area (Å²) < 4.78 is 12.4. The van der Waals surface area contributed by atoms with Crippen molar-refractivity contribution < 1.29 is 9.47 Å². The van der Waals surface area contributed by atoms with Crippen LogP contribution in [-0.4, -0.2) is 13.2 Å². The van der Waals surface area contributed by atoms with Gasteiger partial charge in [-0.05, 0) is 49.2 Å². The molecule has 2 rings (SSSR count). The normalized spacial score (nSPS) is 12.0. The van der Waals surface area contributed by atoms with E-state index in [4.69, 9.17) is 15.2 Å². The maximum atomic E-state index is 5.87. The van der Waals surface area contributed by atoms with E-state index in [1.807, 2.05) is 50.2 Å². The van der Waals surface area contributed by atoms with Gasteiger partial charge >= 0.3 is 0 Å². The third-order valence-electron chi connectivity index (χ3n) is 3.13. The molecule has 4 heteroatoms. The van der Waals surface area contributed by atoms with Crippen molar-refractivity contribution in [1.82, 2.24) is 0 Å². The van der Waals surface area contributed by atoms with Crippen molar-refractivity contribution in [2.24, 2.45) is 5.73 Å². The second kappa shape index (κ2) is 7.48. The van der Waals surface area contributed by atoms with E-state index in [1.165, 1.54) is 0 Å². The topological polar surface area (TPSA) is 44.5 Å². The Kier molecular flexibility index (Phi) is 5.65. The molecule has 0 amide bonds. The van der Waals surface area contributed by atoms with Gasteiger partial charge in [-0.25, -0.2) is 0 Å². The summed E-state index contributed by atoms with van der Waals surface area (Å²) in [7, 11) is 0. The highest BCUT2D eigenvalue weighted by molar-refractivity contribution is 9.10. The molecule has 2 aromatic carbocycles. The molecular formula is C17H20BrNO2. The molecular weight excluding hydrogens is 330 g/mol. The van der Waals surface area contributed by atoms with E-state index in [0.29, 0.717) is 13.2 Å². The molecule has 1 unspecified atom stereocenters. The minimum absolute atomic E-state index is 0.0395. The zero-order chi connectivity index (χ0) is 15.2. The Morgan fingerprint density at radius 2 is 1.86 bits per heavy atom. The molecule has 0 radical (unpaired) electrons. The Morgan fingerprint density at radius 3 is 2.52 bits per heavy atom. The van der Waals surface area contributed by atoms with Gasteiger partial charge in [-0.1, -0.05) is 34.1 Å². The van der Waals surface area contributed by atoms with Crippen LogP contribution in [-0.2, 0) is 0 Å². The van der Waals surface area contributed by atoms with Gasteiger partial charge in [0.15, 0.2) is 0 Å². The summed E-state index contributed by atoms with van der Waals surface area (Å²) in [5.74, 6) is 1.70. The highest BCUT2D eigenvalue weighted by Gasteiger charge is 2.04. The minimum atomic E-state index is 0.0395. The number of hydrogen-bond acceptors (Lipinski definition) is 3. The van der Waals surface area contributed by atoms with Crippen LogP contribution in [0, 0.1) is 6.92 Å². The minimum Gasteiger partial charge on any atom is -0.490 e. The maximum absolute atomic E-state index is 5.87. The number of rotatable bonds is 6. The summed E-state index contributed by atoms with van der Waals surface area (Å²) in [6, 6.07) is 13.8. The Labute approximate surface area is 134 Å². The first kappa shape index (κ1) is 15.9. The van der Waals surface area contributed by atoms with E-state index in [9.17, 15) is 0 Å². The molecule has 2 aromatic rings. The molecule has 0 aromatic heterocycles. The second-order valence-corrected chi connectivity index (χ2v) is 5.88. The fourth-order valence-electron chi connectivity index (χ4n) is 1.99. The van der Waals surface area contributed by atoms with Gasteiger partial charge in [-0.3, -0.25) is 0 Å². The largest absolute Gasteiger partial charge is 0.490 e. The average Bonchev–Trinajstić information content (AvgIpc) is 2.45. The molecule has 112 valence electrons. The van der Waals surface area contributed by atoms with Crippen molar-refractivity contribution in [2.45, 2.75) is 19.9 Å². The lowest BCUT2D eigenvalue weighted by atomic mass is 10.1. The van der Waals surface area contributed by atoms with Gasteiger partial charge < -0.3 is 15.2 Å². The van der Waals surface area contributed by atoms with Gasteiger partial charge in [0, 0.05) is 10.5 Å². The quantitative estimate of drug-likeness (QED) is 0.793. The molecule has 0 saturated carbocycles. The first-order valence-corrected chi connectivity index (χ1v) is 7.73. The molecule has 1 atom stereocenters. The van der Waals surface area contributed by atoms with Crippen LogP contribution in [0.5, 0.6) is 11.5 Å². The molecule has 0 heterocycles. The number of nitrogens with two attached hydrogens (primary N) is 1. The smallest absolute Gasteiger partial charge is 0.122 e. The van der Waals surface area contributed by atoms with Crippen LogP contribution >= 0.6 is 15.9 Å². The molecule has 0 aliphatic carbocycles. The Morgan fingerprint density at radius 1 is 1.10 bits per heavy atom. The van der Waals surface area contributed by atoms with E-state index < -0.39 is 0 Å². The van der Waals surface area contributed by atoms with Crippen LogP contribution in [0.15, 0.2) is 46.9 Å². The van der Waals surface area contributed by atoms with E-state index in [1.54, 1.807) is 0 Å². The van der Waals surface area contributed by atoms with E-state index in [2.05, 4.69) is 22.0 Å². The standard InChI is InChI=1S/C17H20BrNO2/c1-12-10-14(13(2)19)6-7-17(12)21-9-8-20-16-5-3-4-15(18)11-16/h3-7,10-11,13H,8-9,19H2,1-2H3. The SMILES string of the molecule is Cc1cc(C(C)N)ccc1OCCOc1cccc(Br)c1. The monoisotopic (exact) mass is 349 g/mol. The van der Waals surface area contributed by atoms with Gasteiger partial charge in [0.05, 0.1) is 0 Å². The molecule has 0 bridgehead atoms. The Bertz CT molecular complexity index is 599. The second-order valence-electron chi connectivity index (χ2n) is 4.97. The molecule has 3 nitrogen and oxygen atoms in total. The van der Waals surface area contributed by atoms with Crippen LogP contribution in [0.25, 0.3) is 0 Å². The highest BCUT2D eigenvalue weighted by atomic mass is 79.9. The summed E-state index contributed by atoms with van der Waals surface area (Å²) >= 11 is 3.41. The molecule has 0 spiro atoms. The van der Waals surface area contributed by atoms with Crippen LogP contribution in [0.3, 0.4) is 0 Å². The first-order valence-electron chi connectivity index (χ1n) is 6.93. The van der Waals surface area contributed by atoms with E-state index >= 15 is 0 Å². The summed E-state index contributed by atoms with van der Waals surface area (Å²) in [6.07, 6.45) is 0. The van der Waals surface area contributed by atoms with Crippen molar-refractivity contribution in [3.8, 4) is 11.5 Å². The van der Waals surface area contributed by atoms with Gasteiger partial charge in [0.25, 0.3) is 0 Å². The Balaban J connectivity index is 1.83. The van der Waals surface area contributed by atoms with Crippen molar-refractivity contribution in [3.05, 3.63) is 58.1 Å². The highest BCUT2D eigenvalue weighted by Crippen LogP contribution is 2.22. The lowest BCUT2D eigenvalue weighted by Gasteiger charge is -2.13. The van der Waals surface area contributed by atoms with Crippen molar-refractivity contribution >= 4 is 15.9 Å². The van der Waals surface area contributed by atoms with Crippen molar-refractivity contribution in [3.63, 3.8) is 0 Å². The lowest BCUT2D eigenvalue weighted by Crippen LogP contribution is -2.10. The van der Waals surface area contributed by atoms with Crippen LogP contribution in [0.4, 0.5) is 0 Å². The number of halogens is 1. The predicted molar refractivity (Wildman–Crippen MR) is 88.9 cm³/mol. The fraction of sp³-hybridized carbons (Fsp3) is 0.294. The third-order valence-corrected chi connectivity index (χ3v) is 3.62. The molecule has 2 N–H and O–H groups in total. The molecule has 0 aliphatic rings. The van der Waals surface area contributed by atoms with Crippen LogP contribution in [0.2, 0.25) is 0 Å². The van der Waals surface area contributed by atoms with Gasteiger partial charge in [0.2, 0.25) is 0 Å². The van der Waals surface area contributed by atoms with E-state index in [0.717, 1.165) is 27.1 Å². The van der Waals surface area contributed by atoms with Crippen LogP contribution in [0.1, 0.15) is 24.1 Å². The molecule has 0 fully saturated rings. The van der Waals surface area contributed by atoms with E-state index in [-0.39, 0.29) is 6.04 Å². The fourth-order valence-corrected chi connectivity index (χ4v) is 2.36. The molecule has 0 saturated heterocycles. The van der Waals surface area contributed by atoms with Crippen molar-refractivity contribution in [1.29, 1.82) is 0 Å². The van der Waals surface area contributed by atoms with Crippen LogP contribution < -0.4 is 15.2 Å². The number of ether oxygens (including phenoxy) is 2. The Hall–Kier alpha value is -1.52. The number of hydrogen-bond donors (Lipinski definition) is 1. The summed E-state index contributed by atoms with van der Waals surface area (Å²) in [5, 5.41) is 0. The maximum Gasteiger partial charge on any atom is 0.122 e. The van der Waals surface area contributed by atoms with Crippen molar-refractivity contribution in [2.75, 3.05) is 13.2 Å². The molecule has 21 heavy (non-hydrogen) atoms. The average molecular weight is 350 g/mol. The first-order chi connectivity index (χ1) is 10.1. The van der Waals surface area contributed by atoms with Gasteiger partial charge in [0.1, 0.15) is 24.7 Å². The predicted octanol–water partition coefficient (Wildman–Crippen LogP) is 4.24. The third kappa shape index (κ3) is 4.76.